The van der Waals surface area contributed by atoms with E-state index in [1.165, 1.54) is 23.9 Å². The molecule has 8 heteroatoms. The number of nitrogens with zero attached hydrogens (tertiary/aromatic N) is 2. The van der Waals surface area contributed by atoms with Crippen LogP contribution in [0.4, 0.5) is 5.69 Å². The maximum atomic E-state index is 11.6. The first-order valence-electron chi connectivity index (χ1n) is 5.09. The van der Waals surface area contributed by atoms with Crippen LogP contribution < -0.4 is 11.2 Å². The van der Waals surface area contributed by atoms with Gasteiger partial charge >= 0.3 is 0 Å². The Morgan fingerprint density at radius 3 is 2.94 bits per heavy atom. The molecule has 0 radical (unpaired) electrons. The van der Waals surface area contributed by atoms with E-state index < -0.39 is 4.92 Å². The number of nitrogens with two attached hydrogens (primary N) is 1. The first kappa shape index (κ1) is 12.4. The van der Waals surface area contributed by atoms with Gasteiger partial charge in [0.25, 0.3) is 5.69 Å². The third-order valence-electron chi connectivity index (χ3n) is 2.44. The zero-order valence-electron chi connectivity index (χ0n) is 9.20. The van der Waals surface area contributed by atoms with Gasteiger partial charge in [-0.3, -0.25) is 14.9 Å². The number of nitro groups is 1. The number of nitro benzene ring substituents is 1. The van der Waals surface area contributed by atoms with Crippen molar-refractivity contribution in [2.75, 3.05) is 0 Å². The molecule has 0 spiro atoms. The van der Waals surface area contributed by atoms with Crippen molar-refractivity contribution in [3.05, 3.63) is 39.9 Å². The zero-order chi connectivity index (χ0) is 13.1. The van der Waals surface area contributed by atoms with Crippen LogP contribution in [0.15, 0.2) is 29.4 Å². The number of thioether (sulfide) groups is 1. The van der Waals surface area contributed by atoms with Crippen molar-refractivity contribution >= 4 is 28.5 Å². The molecule has 1 fully saturated rings. The minimum atomic E-state index is -0.460. The lowest BCUT2D eigenvalue weighted by Crippen LogP contribution is -2.26. The minimum Gasteiger partial charge on any atom is -0.321 e. The third kappa shape index (κ3) is 2.59. The van der Waals surface area contributed by atoms with Crippen molar-refractivity contribution in [2.24, 2.45) is 10.9 Å². The van der Waals surface area contributed by atoms with Crippen molar-refractivity contribution in [2.45, 2.75) is 11.7 Å². The van der Waals surface area contributed by atoms with Gasteiger partial charge in [0, 0.05) is 12.1 Å². The number of rotatable bonds is 3. The molecule has 1 aliphatic rings. The summed E-state index contributed by atoms with van der Waals surface area (Å²) in [5, 5.41) is 16.6. The predicted molar refractivity (Wildman–Crippen MR) is 67.9 cm³/mol. The molecule has 0 aromatic heterocycles. The summed E-state index contributed by atoms with van der Waals surface area (Å²) in [6.45, 7) is 0. The van der Waals surface area contributed by atoms with Crippen LogP contribution in [0.1, 0.15) is 5.56 Å². The highest BCUT2D eigenvalue weighted by Crippen LogP contribution is 2.24. The monoisotopic (exact) mass is 266 g/mol. The number of amidine groups is 1. The molecular formula is C10H10N4O3S. The van der Waals surface area contributed by atoms with Crippen LogP contribution in [0.2, 0.25) is 0 Å². The topological polar surface area (TPSA) is 111 Å². The normalized spacial score (nSPS) is 21.0. The van der Waals surface area contributed by atoms with Gasteiger partial charge in [0.1, 0.15) is 0 Å². The first-order valence-corrected chi connectivity index (χ1v) is 5.97. The summed E-state index contributed by atoms with van der Waals surface area (Å²) < 4.78 is 0. The van der Waals surface area contributed by atoms with Gasteiger partial charge in [-0.05, 0) is 12.0 Å². The van der Waals surface area contributed by atoms with E-state index in [0.717, 1.165) is 5.56 Å². The molecule has 0 aliphatic carbocycles. The number of carbonyl (C=O) groups excluding carboxylic acids is 1. The van der Waals surface area contributed by atoms with Crippen LogP contribution in [0.5, 0.6) is 0 Å². The van der Waals surface area contributed by atoms with E-state index in [-0.39, 0.29) is 16.8 Å². The second-order valence-electron chi connectivity index (χ2n) is 3.66. The summed E-state index contributed by atoms with van der Waals surface area (Å²) >= 11 is 1.22. The van der Waals surface area contributed by atoms with Gasteiger partial charge in [-0.2, -0.15) is 5.10 Å². The Balaban J connectivity index is 2.12. The molecule has 2 rings (SSSR count). The average Bonchev–Trinajstić information content (AvgIpc) is 2.70. The lowest BCUT2D eigenvalue weighted by molar-refractivity contribution is -0.384. The summed E-state index contributed by atoms with van der Waals surface area (Å²) in [5.41, 5.74) is 0.749. The van der Waals surface area contributed by atoms with Crippen LogP contribution in [0.3, 0.4) is 0 Å². The molecule has 94 valence electrons. The Bertz CT molecular complexity index is 532. The summed E-state index contributed by atoms with van der Waals surface area (Å²) in [6.07, 6.45) is 0.400. The molecular weight excluding hydrogens is 256 g/mol. The Morgan fingerprint density at radius 2 is 2.33 bits per heavy atom. The maximum Gasteiger partial charge on any atom is 0.269 e. The Kier molecular flexibility index (Phi) is 3.47. The lowest BCUT2D eigenvalue weighted by Gasteiger charge is -2.04. The molecule has 1 unspecified atom stereocenters. The van der Waals surface area contributed by atoms with Gasteiger partial charge in [0.05, 0.1) is 10.2 Å². The van der Waals surface area contributed by atoms with Crippen LogP contribution in [-0.2, 0) is 11.2 Å². The molecule has 1 aliphatic heterocycles. The fourth-order valence-corrected chi connectivity index (χ4v) is 2.54. The van der Waals surface area contributed by atoms with Crippen molar-refractivity contribution in [3.8, 4) is 0 Å². The molecule has 1 atom stereocenters. The number of nitrogens with one attached hydrogen (secondary N) is 1. The smallest absolute Gasteiger partial charge is 0.269 e. The Morgan fingerprint density at radius 1 is 1.56 bits per heavy atom. The fraction of sp³-hybridized carbons (Fsp3) is 0.200. The van der Waals surface area contributed by atoms with E-state index in [1.54, 1.807) is 12.1 Å². The highest BCUT2D eigenvalue weighted by Gasteiger charge is 2.30. The van der Waals surface area contributed by atoms with E-state index in [1.807, 2.05) is 0 Å². The van der Waals surface area contributed by atoms with E-state index in [9.17, 15) is 14.9 Å². The fourth-order valence-electron chi connectivity index (χ4n) is 1.61. The average molecular weight is 266 g/mol. The summed E-state index contributed by atoms with van der Waals surface area (Å²) in [5.74, 6) is 4.89. The van der Waals surface area contributed by atoms with Gasteiger partial charge < -0.3 is 11.2 Å². The van der Waals surface area contributed by atoms with E-state index in [0.29, 0.717) is 11.6 Å². The van der Waals surface area contributed by atoms with Crippen LogP contribution >= 0.6 is 11.8 Å². The van der Waals surface area contributed by atoms with Gasteiger partial charge in [0.15, 0.2) is 5.17 Å². The largest absolute Gasteiger partial charge is 0.321 e. The third-order valence-corrected chi connectivity index (χ3v) is 3.53. The van der Waals surface area contributed by atoms with E-state index >= 15 is 0 Å². The van der Waals surface area contributed by atoms with Crippen LogP contribution in [0.25, 0.3) is 0 Å². The molecule has 18 heavy (non-hydrogen) atoms. The predicted octanol–water partition coefficient (Wildman–Crippen LogP) is 0.599. The molecule has 7 nitrogen and oxygen atoms in total. The zero-order valence-corrected chi connectivity index (χ0v) is 10.0. The van der Waals surface area contributed by atoms with E-state index in [4.69, 9.17) is 5.84 Å². The van der Waals surface area contributed by atoms with Gasteiger partial charge in [-0.15, -0.1) is 0 Å². The van der Waals surface area contributed by atoms with Gasteiger partial charge in [0.2, 0.25) is 5.91 Å². The first-order chi connectivity index (χ1) is 8.60. The van der Waals surface area contributed by atoms with Crippen molar-refractivity contribution in [3.63, 3.8) is 0 Å². The maximum absolute atomic E-state index is 11.6. The van der Waals surface area contributed by atoms with Crippen LogP contribution in [0, 0.1) is 10.1 Å². The second-order valence-corrected chi connectivity index (χ2v) is 4.85. The SMILES string of the molecule is N/N=C1/NC(=O)C(Cc2cccc([N+](=O)[O-])c2)S1. The van der Waals surface area contributed by atoms with E-state index in [2.05, 4.69) is 10.4 Å². The summed E-state index contributed by atoms with van der Waals surface area (Å²) in [7, 11) is 0. The van der Waals surface area contributed by atoms with Crippen LogP contribution in [-0.4, -0.2) is 21.2 Å². The number of non-ortho nitro benzene ring substituents is 1. The van der Waals surface area contributed by atoms with Crippen molar-refractivity contribution < 1.29 is 9.72 Å². The Hall–Kier alpha value is -2.09. The Labute approximate surface area is 107 Å². The second kappa shape index (κ2) is 5.05. The highest BCUT2D eigenvalue weighted by molar-refractivity contribution is 8.15. The number of carbonyl (C=O) groups is 1. The number of hydrogen-bond donors (Lipinski definition) is 2. The lowest BCUT2D eigenvalue weighted by atomic mass is 10.1. The van der Waals surface area contributed by atoms with Crippen molar-refractivity contribution in [1.29, 1.82) is 0 Å². The summed E-state index contributed by atoms with van der Waals surface area (Å²) in [4.78, 5) is 21.7. The molecule has 1 heterocycles. The standard InChI is InChI=1S/C10H10N4O3S/c11-13-10-12-9(15)8(18-10)5-6-2-1-3-7(4-6)14(16)17/h1-4,8H,5,11H2,(H,12,13,15). The molecule has 1 amide bonds. The number of hydrazone groups is 1. The van der Waals surface area contributed by atoms with Gasteiger partial charge in [-0.1, -0.05) is 23.9 Å². The molecule has 1 aromatic rings. The molecule has 1 saturated heterocycles. The number of amides is 1. The molecule has 0 saturated carbocycles. The number of hydrogen-bond acceptors (Lipinski definition) is 6. The summed E-state index contributed by atoms with van der Waals surface area (Å²) in [6, 6.07) is 6.23. The molecule has 1 aromatic carbocycles. The molecule has 0 bridgehead atoms. The number of benzene rings is 1. The minimum absolute atomic E-state index is 0.0172. The van der Waals surface area contributed by atoms with Crippen molar-refractivity contribution in [1.82, 2.24) is 5.32 Å². The quantitative estimate of drug-likeness (QED) is 0.473. The van der Waals surface area contributed by atoms with Gasteiger partial charge in [-0.25, -0.2) is 0 Å². The highest BCUT2D eigenvalue weighted by atomic mass is 32.2. The molecule has 3 N–H and O–H groups in total.